The predicted octanol–water partition coefficient (Wildman–Crippen LogP) is 3.94. The van der Waals surface area contributed by atoms with Crippen LogP contribution in [0.15, 0.2) is 42.7 Å². The zero-order valence-electron chi connectivity index (χ0n) is 10.6. The van der Waals surface area contributed by atoms with Crippen LogP contribution < -0.4 is 5.32 Å². The van der Waals surface area contributed by atoms with Crippen molar-refractivity contribution in [3.05, 3.63) is 58.9 Å². The third kappa shape index (κ3) is 4.19. The Labute approximate surface area is 123 Å². The maximum absolute atomic E-state index is 12.9. The Bertz CT molecular complexity index is 644. The van der Waals surface area contributed by atoms with E-state index in [1.54, 1.807) is 18.3 Å². The van der Waals surface area contributed by atoms with Crippen molar-refractivity contribution in [1.29, 1.82) is 0 Å². The highest BCUT2D eigenvalue weighted by Crippen LogP contribution is 2.36. The molecular formula is C14H10ClF3N2O. The van der Waals surface area contributed by atoms with Gasteiger partial charge >= 0.3 is 6.18 Å². The summed E-state index contributed by atoms with van der Waals surface area (Å²) >= 11 is 5.57. The summed E-state index contributed by atoms with van der Waals surface area (Å²) in [6.07, 6.45) is -1.63. The molecule has 1 aromatic heterocycles. The van der Waals surface area contributed by atoms with E-state index in [4.69, 9.17) is 11.6 Å². The normalized spacial score (nSPS) is 11.2. The fourth-order valence-corrected chi connectivity index (χ4v) is 1.91. The van der Waals surface area contributed by atoms with E-state index in [1.807, 2.05) is 0 Å². The number of nitrogens with zero attached hydrogens (tertiary/aromatic N) is 1. The monoisotopic (exact) mass is 314 g/mol. The summed E-state index contributed by atoms with van der Waals surface area (Å²) in [7, 11) is 0. The highest BCUT2D eigenvalue weighted by molar-refractivity contribution is 6.30. The first kappa shape index (κ1) is 15.3. The Kier molecular flexibility index (Phi) is 4.47. The number of nitrogens with one attached hydrogen (secondary N) is 1. The summed E-state index contributed by atoms with van der Waals surface area (Å²) in [5, 5.41) is 2.20. The summed E-state index contributed by atoms with van der Waals surface area (Å²) in [5.74, 6) is -0.559. The number of anilines is 1. The number of carbonyl (C=O) groups is 1. The van der Waals surface area contributed by atoms with Crippen molar-refractivity contribution in [2.24, 2.45) is 0 Å². The molecular weight excluding hydrogens is 305 g/mol. The van der Waals surface area contributed by atoms with Crippen molar-refractivity contribution in [2.45, 2.75) is 12.6 Å². The summed E-state index contributed by atoms with van der Waals surface area (Å²) in [5.41, 5.74) is -0.687. The topological polar surface area (TPSA) is 42.0 Å². The molecule has 1 N–H and O–H groups in total. The molecule has 21 heavy (non-hydrogen) atoms. The number of benzene rings is 1. The van der Waals surface area contributed by atoms with Gasteiger partial charge in [0, 0.05) is 17.4 Å². The van der Waals surface area contributed by atoms with Crippen LogP contribution in [-0.4, -0.2) is 10.9 Å². The minimum absolute atomic E-state index is 0.0485. The predicted molar refractivity (Wildman–Crippen MR) is 73.0 cm³/mol. The molecule has 0 saturated heterocycles. The van der Waals surface area contributed by atoms with Gasteiger partial charge in [0.05, 0.1) is 17.7 Å². The lowest BCUT2D eigenvalue weighted by Crippen LogP contribution is -2.18. The van der Waals surface area contributed by atoms with Gasteiger partial charge < -0.3 is 5.32 Å². The summed E-state index contributed by atoms with van der Waals surface area (Å²) in [6.45, 7) is 0. The number of carbonyl (C=O) groups excluding carboxylic acids is 1. The highest BCUT2D eigenvalue weighted by atomic mass is 35.5. The molecule has 0 unspecified atom stereocenters. The number of alkyl halides is 3. The van der Waals surface area contributed by atoms with Crippen LogP contribution in [-0.2, 0) is 17.4 Å². The van der Waals surface area contributed by atoms with Gasteiger partial charge in [-0.25, -0.2) is 0 Å². The van der Waals surface area contributed by atoms with Gasteiger partial charge in [-0.2, -0.15) is 13.2 Å². The lowest BCUT2D eigenvalue weighted by molar-refractivity contribution is -0.137. The van der Waals surface area contributed by atoms with Gasteiger partial charge in [0.1, 0.15) is 0 Å². The molecule has 1 heterocycles. The van der Waals surface area contributed by atoms with Crippen LogP contribution in [0.3, 0.4) is 0 Å². The molecule has 0 bridgehead atoms. The number of hydrogen-bond acceptors (Lipinski definition) is 2. The zero-order chi connectivity index (χ0) is 15.5. The fraction of sp³-hybridized carbons (Fsp3) is 0.143. The lowest BCUT2D eigenvalue weighted by Gasteiger charge is -2.14. The van der Waals surface area contributed by atoms with Crippen LogP contribution >= 0.6 is 11.6 Å². The second-order valence-corrected chi connectivity index (χ2v) is 4.71. The van der Waals surface area contributed by atoms with E-state index < -0.39 is 17.6 Å². The maximum Gasteiger partial charge on any atom is 0.418 e. The molecule has 1 amide bonds. The lowest BCUT2D eigenvalue weighted by atomic mass is 10.1. The second-order valence-electron chi connectivity index (χ2n) is 4.27. The minimum Gasteiger partial charge on any atom is -0.325 e. The Morgan fingerprint density at radius 1 is 1.29 bits per heavy atom. The van der Waals surface area contributed by atoms with Crippen LogP contribution in [0, 0.1) is 0 Å². The molecule has 0 aliphatic heterocycles. The van der Waals surface area contributed by atoms with Gasteiger partial charge in [0.2, 0.25) is 5.91 Å². The molecule has 0 saturated carbocycles. The Morgan fingerprint density at radius 2 is 2.05 bits per heavy atom. The average molecular weight is 315 g/mol. The molecule has 0 spiro atoms. The van der Waals surface area contributed by atoms with Crippen molar-refractivity contribution in [2.75, 3.05) is 5.32 Å². The average Bonchev–Trinajstić information content (AvgIpc) is 2.40. The molecule has 0 fully saturated rings. The van der Waals surface area contributed by atoms with Crippen LogP contribution in [0.4, 0.5) is 18.9 Å². The van der Waals surface area contributed by atoms with Crippen molar-refractivity contribution >= 4 is 23.2 Å². The molecule has 1 aromatic carbocycles. The third-order valence-corrected chi connectivity index (χ3v) is 2.88. The molecule has 110 valence electrons. The van der Waals surface area contributed by atoms with E-state index in [2.05, 4.69) is 10.3 Å². The number of rotatable bonds is 3. The van der Waals surface area contributed by atoms with Crippen molar-refractivity contribution < 1.29 is 18.0 Å². The van der Waals surface area contributed by atoms with Crippen LogP contribution in [0.25, 0.3) is 0 Å². The van der Waals surface area contributed by atoms with Gasteiger partial charge in [-0.15, -0.1) is 0 Å². The summed E-state index contributed by atoms with van der Waals surface area (Å²) < 4.78 is 38.7. The number of amides is 1. The molecule has 2 aromatic rings. The number of halogens is 4. The molecule has 2 rings (SSSR count). The second kappa shape index (κ2) is 6.13. The van der Waals surface area contributed by atoms with E-state index in [0.29, 0.717) is 5.56 Å². The molecule has 3 nitrogen and oxygen atoms in total. The summed E-state index contributed by atoms with van der Waals surface area (Å²) in [6, 6.07) is 6.51. The number of hydrogen-bond donors (Lipinski definition) is 1. The van der Waals surface area contributed by atoms with E-state index in [9.17, 15) is 18.0 Å². The van der Waals surface area contributed by atoms with Crippen molar-refractivity contribution in [3.63, 3.8) is 0 Å². The first-order valence-electron chi connectivity index (χ1n) is 5.92. The van der Waals surface area contributed by atoms with Crippen molar-refractivity contribution in [1.82, 2.24) is 4.98 Å². The Hall–Kier alpha value is -2.08. The van der Waals surface area contributed by atoms with Crippen LogP contribution in [0.1, 0.15) is 11.1 Å². The first-order chi connectivity index (χ1) is 9.86. The van der Waals surface area contributed by atoms with Gasteiger partial charge in [0.25, 0.3) is 0 Å². The van der Waals surface area contributed by atoms with Gasteiger partial charge in [-0.05, 0) is 29.8 Å². The van der Waals surface area contributed by atoms with E-state index >= 15 is 0 Å². The third-order valence-electron chi connectivity index (χ3n) is 2.65. The molecule has 0 atom stereocenters. The molecule has 0 aliphatic carbocycles. The molecule has 0 aliphatic rings. The Balaban J connectivity index is 2.18. The van der Waals surface area contributed by atoms with Gasteiger partial charge in [-0.3, -0.25) is 9.78 Å². The van der Waals surface area contributed by atoms with Gasteiger partial charge in [0.15, 0.2) is 0 Å². The SMILES string of the molecule is O=C(Cc1cccnc1)Nc1ccc(Cl)cc1C(F)(F)F. The van der Waals surface area contributed by atoms with Crippen LogP contribution in [0.5, 0.6) is 0 Å². The quantitative estimate of drug-likeness (QED) is 0.932. The highest BCUT2D eigenvalue weighted by Gasteiger charge is 2.34. The first-order valence-corrected chi connectivity index (χ1v) is 6.29. The summed E-state index contributed by atoms with van der Waals surface area (Å²) in [4.78, 5) is 15.6. The maximum atomic E-state index is 12.9. The smallest absolute Gasteiger partial charge is 0.325 e. The fourth-order valence-electron chi connectivity index (χ4n) is 1.74. The van der Waals surface area contributed by atoms with E-state index in [0.717, 1.165) is 12.1 Å². The van der Waals surface area contributed by atoms with E-state index in [-0.39, 0.29) is 17.1 Å². The van der Waals surface area contributed by atoms with E-state index in [1.165, 1.54) is 12.3 Å². The number of pyridine rings is 1. The largest absolute Gasteiger partial charge is 0.418 e. The molecule has 0 radical (unpaired) electrons. The van der Waals surface area contributed by atoms with Crippen molar-refractivity contribution in [3.8, 4) is 0 Å². The Morgan fingerprint density at radius 3 is 2.67 bits per heavy atom. The standard InChI is InChI=1S/C14H10ClF3N2O/c15-10-3-4-12(11(7-10)14(16,17)18)20-13(21)6-9-2-1-5-19-8-9/h1-5,7-8H,6H2,(H,20,21). The number of aromatic nitrogens is 1. The molecule has 7 heteroatoms. The zero-order valence-corrected chi connectivity index (χ0v) is 11.4. The van der Waals surface area contributed by atoms with Gasteiger partial charge in [-0.1, -0.05) is 17.7 Å². The van der Waals surface area contributed by atoms with Crippen LogP contribution in [0.2, 0.25) is 5.02 Å². The minimum atomic E-state index is -4.60.